The predicted molar refractivity (Wildman–Crippen MR) is 77.1 cm³/mol. The van der Waals surface area contributed by atoms with Gasteiger partial charge < -0.3 is 4.90 Å². The molecular formula is C11H19N5O2S. The number of aryl methyl sites for hydroxylation is 1. The molecule has 8 heteroatoms. The first kappa shape index (κ1) is 15.4. The van der Waals surface area contributed by atoms with Crippen LogP contribution in [0.4, 0.5) is 5.13 Å². The summed E-state index contributed by atoms with van der Waals surface area (Å²) in [6, 6.07) is 0. The second-order valence-corrected chi connectivity index (χ2v) is 5.14. The van der Waals surface area contributed by atoms with Crippen molar-refractivity contribution in [1.82, 2.24) is 9.88 Å². The number of rotatable bonds is 6. The monoisotopic (exact) mass is 285 g/mol. The number of thiazole rings is 1. The van der Waals surface area contributed by atoms with Crippen LogP contribution in [0.15, 0.2) is 10.5 Å². The van der Waals surface area contributed by atoms with Crippen molar-refractivity contribution in [2.75, 3.05) is 19.4 Å². The van der Waals surface area contributed by atoms with E-state index in [0.29, 0.717) is 5.13 Å². The van der Waals surface area contributed by atoms with Crippen LogP contribution in [-0.2, 0) is 6.42 Å². The second-order valence-electron chi connectivity index (χ2n) is 4.28. The summed E-state index contributed by atoms with van der Waals surface area (Å²) in [6.45, 7) is 2.16. The molecule has 7 nitrogen and oxygen atoms in total. The Morgan fingerprint density at radius 1 is 1.58 bits per heavy atom. The van der Waals surface area contributed by atoms with Crippen LogP contribution in [0.2, 0.25) is 0 Å². The van der Waals surface area contributed by atoms with Crippen LogP contribution in [0.25, 0.3) is 0 Å². The zero-order valence-electron chi connectivity index (χ0n) is 11.4. The fourth-order valence-electron chi connectivity index (χ4n) is 1.43. The van der Waals surface area contributed by atoms with Crippen LogP contribution in [0, 0.1) is 10.1 Å². The Balaban J connectivity index is 2.63. The number of aromatic nitrogens is 1. The van der Waals surface area contributed by atoms with Crippen LogP contribution in [-0.4, -0.2) is 35.0 Å². The number of unbranched alkanes of at least 4 members (excludes halogenated alkanes) is 2. The molecule has 0 saturated carbocycles. The van der Waals surface area contributed by atoms with Gasteiger partial charge in [0.2, 0.25) is 0 Å². The van der Waals surface area contributed by atoms with Crippen LogP contribution >= 0.6 is 11.3 Å². The van der Waals surface area contributed by atoms with E-state index in [1.165, 1.54) is 24.2 Å². The standard InChI is InChI=1S/C11H19N5O2S/c1-4-5-6-7-9-8-19-11(12-9)13-10(15(2)3)14-16(17)18/h8H,4-7H2,1-3H3,(H,12,13,14). The van der Waals surface area contributed by atoms with Gasteiger partial charge in [0.1, 0.15) is 5.10 Å². The molecular weight excluding hydrogens is 266 g/mol. The van der Waals surface area contributed by atoms with E-state index < -0.39 is 5.03 Å². The van der Waals surface area contributed by atoms with Crippen molar-refractivity contribution in [2.45, 2.75) is 32.6 Å². The minimum absolute atomic E-state index is 0.166. The van der Waals surface area contributed by atoms with Crippen LogP contribution in [0.3, 0.4) is 0 Å². The molecule has 1 heterocycles. The first-order valence-electron chi connectivity index (χ1n) is 6.14. The topological polar surface area (TPSA) is 83.7 Å². The highest BCUT2D eigenvalue weighted by atomic mass is 32.1. The summed E-state index contributed by atoms with van der Waals surface area (Å²) in [6.07, 6.45) is 4.42. The largest absolute Gasteiger partial charge is 0.344 e. The molecule has 1 aromatic heterocycles. The average Bonchev–Trinajstić information content (AvgIpc) is 2.76. The Labute approximate surface area is 116 Å². The second kappa shape index (κ2) is 7.67. The Bertz CT molecular complexity index is 444. The maximum atomic E-state index is 10.4. The van der Waals surface area contributed by atoms with Crippen LogP contribution < -0.4 is 5.32 Å². The van der Waals surface area contributed by atoms with Gasteiger partial charge in [-0.05, 0) is 12.8 Å². The molecule has 1 aromatic rings. The van der Waals surface area contributed by atoms with E-state index in [1.807, 2.05) is 5.38 Å². The first-order valence-corrected chi connectivity index (χ1v) is 7.02. The molecule has 0 radical (unpaired) electrons. The third-order valence-electron chi connectivity index (χ3n) is 2.41. The maximum absolute atomic E-state index is 10.4. The molecule has 0 aliphatic heterocycles. The highest BCUT2D eigenvalue weighted by Crippen LogP contribution is 2.17. The predicted octanol–water partition coefficient (Wildman–Crippen LogP) is 2.40. The lowest BCUT2D eigenvalue weighted by atomic mass is 10.2. The van der Waals surface area contributed by atoms with Crippen molar-refractivity contribution in [2.24, 2.45) is 5.10 Å². The van der Waals surface area contributed by atoms with E-state index in [0.717, 1.165) is 18.5 Å². The molecule has 19 heavy (non-hydrogen) atoms. The number of hydrazone groups is 1. The fourth-order valence-corrected chi connectivity index (χ4v) is 2.17. The maximum Gasteiger partial charge on any atom is 0.277 e. The van der Waals surface area contributed by atoms with Gasteiger partial charge in [-0.15, -0.1) is 11.3 Å². The third-order valence-corrected chi connectivity index (χ3v) is 3.21. The Hall–Kier alpha value is -1.70. The average molecular weight is 285 g/mol. The summed E-state index contributed by atoms with van der Waals surface area (Å²) >= 11 is 1.43. The van der Waals surface area contributed by atoms with E-state index in [2.05, 4.69) is 22.3 Å². The van der Waals surface area contributed by atoms with Gasteiger partial charge in [-0.1, -0.05) is 19.8 Å². The molecule has 0 unspecified atom stereocenters. The summed E-state index contributed by atoms with van der Waals surface area (Å²) < 4.78 is 0. The molecule has 0 bridgehead atoms. The van der Waals surface area contributed by atoms with Crippen molar-refractivity contribution in [3.05, 3.63) is 21.2 Å². The molecule has 0 spiro atoms. The van der Waals surface area contributed by atoms with Gasteiger partial charge in [-0.3, -0.25) is 5.32 Å². The normalized spacial score (nSPS) is 11.4. The van der Waals surface area contributed by atoms with Crippen molar-refractivity contribution >= 4 is 22.4 Å². The molecule has 0 saturated heterocycles. The zero-order valence-corrected chi connectivity index (χ0v) is 12.2. The van der Waals surface area contributed by atoms with E-state index in [-0.39, 0.29) is 5.96 Å². The van der Waals surface area contributed by atoms with Gasteiger partial charge in [0.15, 0.2) is 10.2 Å². The first-order chi connectivity index (χ1) is 9.02. The van der Waals surface area contributed by atoms with E-state index in [9.17, 15) is 10.1 Å². The SMILES string of the molecule is CCCCCc1csc(NC(=N[N+](=O)[O-])N(C)C)n1. The number of hydrogen-bond acceptors (Lipinski definition) is 4. The molecule has 1 rings (SSSR count). The van der Waals surface area contributed by atoms with Crippen molar-refractivity contribution in [1.29, 1.82) is 0 Å². The summed E-state index contributed by atoms with van der Waals surface area (Å²) in [5, 5.41) is 18.4. The summed E-state index contributed by atoms with van der Waals surface area (Å²) in [4.78, 5) is 16.3. The molecule has 0 atom stereocenters. The van der Waals surface area contributed by atoms with Gasteiger partial charge in [0.05, 0.1) is 5.69 Å². The number of anilines is 1. The summed E-state index contributed by atoms with van der Waals surface area (Å²) in [7, 11) is 3.37. The Morgan fingerprint density at radius 3 is 2.89 bits per heavy atom. The quantitative estimate of drug-likeness (QED) is 0.285. The lowest BCUT2D eigenvalue weighted by Gasteiger charge is -2.11. The highest BCUT2D eigenvalue weighted by molar-refractivity contribution is 7.13. The molecule has 106 valence electrons. The van der Waals surface area contributed by atoms with Gasteiger partial charge in [-0.25, -0.2) is 15.1 Å². The smallest absolute Gasteiger partial charge is 0.277 e. The van der Waals surface area contributed by atoms with Crippen molar-refractivity contribution in [3.8, 4) is 0 Å². The Morgan fingerprint density at radius 2 is 2.32 bits per heavy atom. The van der Waals surface area contributed by atoms with Crippen LogP contribution in [0.5, 0.6) is 0 Å². The van der Waals surface area contributed by atoms with Gasteiger partial charge in [0.25, 0.3) is 5.96 Å². The van der Waals surface area contributed by atoms with Crippen LogP contribution in [0.1, 0.15) is 31.9 Å². The molecule has 1 N–H and O–H groups in total. The highest BCUT2D eigenvalue weighted by Gasteiger charge is 2.10. The molecule has 0 amide bonds. The number of nitrogens with zero attached hydrogens (tertiary/aromatic N) is 4. The number of guanidine groups is 1. The fraction of sp³-hybridized carbons (Fsp3) is 0.636. The Kier molecular flexibility index (Phi) is 6.20. The van der Waals surface area contributed by atoms with E-state index in [4.69, 9.17) is 0 Å². The van der Waals surface area contributed by atoms with Crippen molar-refractivity contribution < 1.29 is 5.03 Å². The number of hydrogen-bond donors (Lipinski definition) is 1. The molecule has 0 aliphatic rings. The minimum atomic E-state index is -0.724. The van der Waals surface area contributed by atoms with Crippen molar-refractivity contribution in [3.63, 3.8) is 0 Å². The molecule has 0 aromatic carbocycles. The number of nitrogens with one attached hydrogen (secondary N) is 1. The molecule has 0 aliphatic carbocycles. The third kappa shape index (κ3) is 5.64. The zero-order chi connectivity index (χ0) is 14.3. The lowest BCUT2D eigenvalue weighted by molar-refractivity contribution is -0.485. The molecule has 0 fully saturated rings. The lowest BCUT2D eigenvalue weighted by Crippen LogP contribution is -2.30. The summed E-state index contributed by atoms with van der Waals surface area (Å²) in [5.74, 6) is 0.166. The number of nitro groups is 1. The van der Waals surface area contributed by atoms with E-state index in [1.54, 1.807) is 19.0 Å². The summed E-state index contributed by atoms with van der Waals surface area (Å²) in [5.41, 5.74) is 1.01. The van der Waals surface area contributed by atoms with Gasteiger partial charge in [-0.2, -0.15) is 0 Å². The minimum Gasteiger partial charge on any atom is -0.344 e. The van der Waals surface area contributed by atoms with Gasteiger partial charge in [0, 0.05) is 19.5 Å². The van der Waals surface area contributed by atoms with E-state index >= 15 is 0 Å². The van der Waals surface area contributed by atoms with Gasteiger partial charge >= 0.3 is 0 Å².